The standard InChI is InChI=1S/C9H11F3N8O/c10-9(11,12)3-21-2-1-15-7-17-6(13)18-8(19-7)20-5-14-4-16-20/h4-5H,1-3H2,(H3,13,15,17,18,19). The van der Waals surface area contributed by atoms with Crippen molar-refractivity contribution < 1.29 is 17.9 Å². The molecule has 0 radical (unpaired) electrons. The third kappa shape index (κ3) is 4.83. The first kappa shape index (κ1) is 14.9. The average Bonchev–Trinajstić information content (AvgIpc) is 2.90. The van der Waals surface area contributed by atoms with E-state index in [0.29, 0.717) is 0 Å². The summed E-state index contributed by atoms with van der Waals surface area (Å²) >= 11 is 0. The van der Waals surface area contributed by atoms with E-state index in [0.717, 1.165) is 0 Å². The molecule has 2 rings (SSSR count). The Bertz CT molecular complexity index is 573. The number of alkyl halides is 3. The second kappa shape index (κ2) is 6.30. The fourth-order valence-corrected chi connectivity index (χ4v) is 1.30. The van der Waals surface area contributed by atoms with Gasteiger partial charge >= 0.3 is 6.18 Å². The number of halogens is 3. The maximum Gasteiger partial charge on any atom is 0.411 e. The van der Waals surface area contributed by atoms with Gasteiger partial charge in [0.25, 0.3) is 5.95 Å². The Morgan fingerprint density at radius 1 is 1.29 bits per heavy atom. The van der Waals surface area contributed by atoms with Crippen molar-refractivity contribution in [3.63, 3.8) is 0 Å². The van der Waals surface area contributed by atoms with Crippen LogP contribution in [0.4, 0.5) is 25.1 Å². The Hall–Kier alpha value is -2.50. The zero-order valence-electron chi connectivity index (χ0n) is 10.6. The summed E-state index contributed by atoms with van der Waals surface area (Å²) in [5.41, 5.74) is 5.51. The Morgan fingerprint density at radius 3 is 2.76 bits per heavy atom. The molecule has 0 bridgehead atoms. The number of nitrogens with one attached hydrogen (secondary N) is 1. The fraction of sp³-hybridized carbons (Fsp3) is 0.444. The number of anilines is 2. The Labute approximate surface area is 116 Å². The van der Waals surface area contributed by atoms with Crippen LogP contribution in [0.15, 0.2) is 12.7 Å². The molecule has 0 aliphatic carbocycles. The van der Waals surface area contributed by atoms with Gasteiger partial charge in [-0.1, -0.05) is 0 Å². The maximum atomic E-state index is 11.9. The molecule has 0 aliphatic heterocycles. The van der Waals surface area contributed by atoms with Crippen LogP contribution in [-0.2, 0) is 4.74 Å². The number of ether oxygens (including phenoxy) is 1. The molecule has 0 aromatic carbocycles. The Morgan fingerprint density at radius 2 is 2.10 bits per heavy atom. The minimum atomic E-state index is -4.35. The van der Waals surface area contributed by atoms with Crippen molar-refractivity contribution in [2.75, 3.05) is 30.8 Å². The van der Waals surface area contributed by atoms with Crippen LogP contribution in [0.5, 0.6) is 0 Å². The van der Waals surface area contributed by atoms with Crippen molar-refractivity contribution >= 4 is 11.9 Å². The molecule has 0 unspecified atom stereocenters. The molecule has 3 N–H and O–H groups in total. The zero-order valence-corrected chi connectivity index (χ0v) is 10.6. The van der Waals surface area contributed by atoms with Crippen molar-refractivity contribution in [2.24, 2.45) is 0 Å². The van der Waals surface area contributed by atoms with E-state index in [4.69, 9.17) is 5.73 Å². The summed E-state index contributed by atoms with van der Waals surface area (Å²) in [6.07, 6.45) is -1.69. The highest BCUT2D eigenvalue weighted by molar-refractivity contribution is 5.34. The van der Waals surface area contributed by atoms with Crippen LogP contribution in [0.1, 0.15) is 0 Å². The van der Waals surface area contributed by atoms with Crippen LogP contribution in [0.25, 0.3) is 5.95 Å². The normalized spacial score (nSPS) is 11.6. The van der Waals surface area contributed by atoms with E-state index in [9.17, 15) is 13.2 Å². The summed E-state index contributed by atoms with van der Waals surface area (Å²) in [7, 11) is 0. The molecule has 21 heavy (non-hydrogen) atoms. The van der Waals surface area contributed by atoms with Gasteiger partial charge in [-0.2, -0.15) is 37.9 Å². The summed E-state index contributed by atoms with van der Waals surface area (Å²) in [4.78, 5) is 15.4. The molecule has 0 saturated carbocycles. The molecule has 0 aliphatic rings. The topological polar surface area (TPSA) is 117 Å². The molecular weight excluding hydrogens is 293 g/mol. The number of hydrogen-bond donors (Lipinski definition) is 2. The highest BCUT2D eigenvalue weighted by atomic mass is 19.4. The molecule has 0 saturated heterocycles. The van der Waals surface area contributed by atoms with Crippen LogP contribution in [-0.4, -0.2) is 55.7 Å². The summed E-state index contributed by atoms with van der Waals surface area (Å²) < 4.78 is 41.3. The first-order valence-corrected chi connectivity index (χ1v) is 5.69. The Kier molecular flexibility index (Phi) is 4.47. The van der Waals surface area contributed by atoms with Crippen LogP contribution >= 0.6 is 0 Å². The minimum Gasteiger partial charge on any atom is -0.370 e. The van der Waals surface area contributed by atoms with E-state index in [1.165, 1.54) is 17.3 Å². The number of hydrogen-bond acceptors (Lipinski definition) is 8. The summed E-state index contributed by atoms with van der Waals surface area (Å²) in [6.45, 7) is -1.39. The number of rotatable bonds is 6. The highest BCUT2D eigenvalue weighted by Crippen LogP contribution is 2.14. The monoisotopic (exact) mass is 304 g/mol. The van der Waals surface area contributed by atoms with Crippen LogP contribution in [0.3, 0.4) is 0 Å². The van der Waals surface area contributed by atoms with E-state index in [1.807, 2.05) is 0 Å². The first-order chi connectivity index (χ1) is 9.94. The number of aromatic nitrogens is 6. The molecule has 2 heterocycles. The lowest BCUT2D eigenvalue weighted by Gasteiger charge is -2.09. The van der Waals surface area contributed by atoms with Crippen molar-refractivity contribution in [3.8, 4) is 5.95 Å². The van der Waals surface area contributed by atoms with Gasteiger partial charge in [0, 0.05) is 6.54 Å². The second-order valence-electron chi connectivity index (χ2n) is 3.75. The van der Waals surface area contributed by atoms with E-state index >= 15 is 0 Å². The zero-order chi connectivity index (χ0) is 15.3. The van der Waals surface area contributed by atoms with E-state index in [2.05, 4.69) is 35.1 Å². The largest absolute Gasteiger partial charge is 0.411 e. The van der Waals surface area contributed by atoms with Gasteiger partial charge < -0.3 is 15.8 Å². The van der Waals surface area contributed by atoms with Gasteiger partial charge in [0.15, 0.2) is 0 Å². The third-order valence-electron chi connectivity index (χ3n) is 2.06. The average molecular weight is 304 g/mol. The van der Waals surface area contributed by atoms with Crippen LogP contribution < -0.4 is 11.1 Å². The van der Waals surface area contributed by atoms with Gasteiger partial charge in [-0.15, -0.1) is 0 Å². The quantitative estimate of drug-likeness (QED) is 0.718. The molecule has 0 fully saturated rings. The second-order valence-corrected chi connectivity index (χ2v) is 3.75. The first-order valence-electron chi connectivity index (χ1n) is 5.69. The predicted octanol–water partition coefficient (Wildman–Crippen LogP) is 0.0253. The smallest absolute Gasteiger partial charge is 0.370 e. The predicted molar refractivity (Wildman–Crippen MR) is 64.5 cm³/mol. The molecule has 0 amide bonds. The van der Waals surface area contributed by atoms with Gasteiger partial charge in [0.1, 0.15) is 19.3 Å². The highest BCUT2D eigenvalue weighted by Gasteiger charge is 2.27. The van der Waals surface area contributed by atoms with Crippen molar-refractivity contribution in [1.29, 1.82) is 0 Å². The van der Waals surface area contributed by atoms with Gasteiger partial charge in [-0.05, 0) is 0 Å². The maximum absolute atomic E-state index is 11.9. The molecule has 2 aromatic heterocycles. The fourth-order valence-electron chi connectivity index (χ4n) is 1.30. The lowest BCUT2D eigenvalue weighted by atomic mass is 10.6. The molecule has 114 valence electrons. The molecular formula is C9H11F3N8O. The lowest BCUT2D eigenvalue weighted by molar-refractivity contribution is -0.172. The van der Waals surface area contributed by atoms with Gasteiger partial charge in [-0.25, -0.2) is 4.98 Å². The van der Waals surface area contributed by atoms with Gasteiger partial charge in [0.05, 0.1) is 6.61 Å². The van der Waals surface area contributed by atoms with Crippen molar-refractivity contribution in [1.82, 2.24) is 29.7 Å². The summed E-state index contributed by atoms with van der Waals surface area (Å²) in [6, 6.07) is 0. The molecule has 0 atom stereocenters. The SMILES string of the molecule is Nc1nc(NCCOCC(F)(F)F)nc(-n2cncn2)n1. The van der Waals surface area contributed by atoms with E-state index in [1.54, 1.807) is 0 Å². The summed E-state index contributed by atoms with van der Waals surface area (Å²) in [5, 5.41) is 6.50. The number of nitrogens with two attached hydrogens (primary N) is 1. The lowest BCUT2D eigenvalue weighted by Crippen LogP contribution is -2.21. The summed E-state index contributed by atoms with van der Waals surface area (Å²) in [5.74, 6) is 0.177. The number of nitrogens with zero attached hydrogens (tertiary/aromatic N) is 6. The van der Waals surface area contributed by atoms with Gasteiger partial charge in [-0.3, -0.25) is 0 Å². The molecule has 12 heteroatoms. The van der Waals surface area contributed by atoms with Crippen molar-refractivity contribution in [2.45, 2.75) is 6.18 Å². The van der Waals surface area contributed by atoms with Crippen LogP contribution in [0, 0.1) is 0 Å². The minimum absolute atomic E-state index is 0.0609. The molecule has 2 aromatic rings. The van der Waals surface area contributed by atoms with E-state index < -0.39 is 12.8 Å². The van der Waals surface area contributed by atoms with E-state index in [-0.39, 0.29) is 31.0 Å². The van der Waals surface area contributed by atoms with Crippen LogP contribution in [0.2, 0.25) is 0 Å². The third-order valence-corrected chi connectivity index (χ3v) is 2.06. The number of nitrogen functional groups attached to an aromatic ring is 1. The Balaban J connectivity index is 1.89. The van der Waals surface area contributed by atoms with Crippen molar-refractivity contribution in [3.05, 3.63) is 12.7 Å². The molecule has 9 nitrogen and oxygen atoms in total. The molecule has 0 spiro atoms. The van der Waals surface area contributed by atoms with Gasteiger partial charge in [0.2, 0.25) is 11.9 Å².